The Labute approximate surface area is 48.7 Å². The maximum absolute atomic E-state index is 9.14. The van der Waals surface area contributed by atoms with Gasteiger partial charge in [0.05, 0.1) is 7.05 Å². The monoisotopic (exact) mass is 118 g/mol. The summed E-state index contributed by atoms with van der Waals surface area (Å²) < 4.78 is -0.0127. The summed E-state index contributed by atoms with van der Waals surface area (Å²) in [4.78, 5) is 0. The van der Waals surface area contributed by atoms with Crippen LogP contribution >= 0.6 is 0 Å². The second-order valence-electron chi connectivity index (χ2n) is 2.69. The molecule has 48 valence electrons. The van der Waals surface area contributed by atoms with Gasteiger partial charge in [0.2, 0.25) is 0 Å². The number of quaternary nitrogens is 1. The predicted molar refractivity (Wildman–Crippen MR) is 28.3 cm³/mol. The van der Waals surface area contributed by atoms with Gasteiger partial charge in [-0.2, -0.15) is 4.65 Å². The van der Waals surface area contributed by atoms with Gasteiger partial charge in [0.1, 0.15) is 19.2 Å². The van der Waals surface area contributed by atoms with Gasteiger partial charge in [0, 0.05) is 6.42 Å². The summed E-state index contributed by atoms with van der Waals surface area (Å²) in [5.41, 5.74) is 0. The lowest BCUT2D eigenvalue weighted by Crippen LogP contribution is -2.38. The van der Waals surface area contributed by atoms with E-state index in [-0.39, 0.29) is 10.8 Å². The Hall–Kier alpha value is -0.120. The Bertz CT molecular complexity index is 92.4. The molecule has 0 aromatic rings. The van der Waals surface area contributed by atoms with E-state index in [4.69, 9.17) is 10.3 Å². The van der Waals surface area contributed by atoms with Gasteiger partial charge in [-0.05, 0) is 0 Å². The van der Waals surface area contributed by atoms with E-state index in [0.29, 0.717) is 13.1 Å². The number of aliphatic hydroxyl groups is 1. The zero-order chi connectivity index (χ0) is 6.20. The smallest absolute Gasteiger partial charge is 0.135 e. The van der Waals surface area contributed by atoms with Crippen LogP contribution in [0, 0.1) is 0 Å². The lowest BCUT2D eigenvalue weighted by atomic mass is 10.3. The summed E-state index contributed by atoms with van der Waals surface area (Å²) in [6.07, 6.45) is 0.442. The molecule has 1 saturated heterocycles. The summed E-state index contributed by atoms with van der Waals surface area (Å²) in [6.45, 7) is 1.17. The first-order valence-corrected chi connectivity index (χ1v) is 2.85. The number of likely N-dealkylation sites (N-methyl/N-ethyl adjacent to an activating group) is 1. The molecule has 1 rings (SSSR count). The average molecular weight is 118 g/mol. The summed E-state index contributed by atoms with van der Waals surface area (Å²) in [5.74, 6) is 0. The Kier molecular flexibility index (Phi) is 1.27. The van der Waals surface area contributed by atoms with Crippen LogP contribution in [0.25, 0.3) is 0 Å². The van der Waals surface area contributed by atoms with Crippen LogP contribution in [-0.4, -0.2) is 41.2 Å². The fourth-order valence-electron chi connectivity index (χ4n) is 1.06. The topological polar surface area (TPSA) is 40.5 Å². The molecule has 0 aliphatic carbocycles. The largest absolute Gasteiger partial charge is 0.387 e. The molecule has 0 bridgehead atoms. The molecule has 1 aliphatic rings. The van der Waals surface area contributed by atoms with Gasteiger partial charge >= 0.3 is 0 Å². The van der Waals surface area contributed by atoms with Crippen molar-refractivity contribution in [3.63, 3.8) is 0 Å². The molecule has 0 aromatic heterocycles. The summed E-state index contributed by atoms with van der Waals surface area (Å²) >= 11 is 0. The number of hydroxylamine groups is 3. The van der Waals surface area contributed by atoms with Crippen LogP contribution in [0.1, 0.15) is 6.42 Å². The SMILES string of the molecule is C[N+]1(O)CCC(O)C1. The third-order valence-electron chi connectivity index (χ3n) is 1.55. The van der Waals surface area contributed by atoms with Gasteiger partial charge in [-0.25, -0.2) is 5.21 Å². The predicted octanol–water partition coefficient (Wildman–Crippen LogP) is -0.413. The quantitative estimate of drug-likeness (QED) is 0.424. The molecule has 3 heteroatoms. The molecule has 2 atom stereocenters. The molecule has 0 radical (unpaired) electrons. The highest BCUT2D eigenvalue weighted by molar-refractivity contribution is 4.58. The van der Waals surface area contributed by atoms with Crippen molar-refractivity contribution in [2.75, 3.05) is 20.1 Å². The van der Waals surface area contributed by atoms with Gasteiger partial charge in [-0.1, -0.05) is 0 Å². The zero-order valence-electron chi connectivity index (χ0n) is 5.04. The van der Waals surface area contributed by atoms with Crippen molar-refractivity contribution in [3.8, 4) is 0 Å². The highest BCUT2D eigenvalue weighted by Gasteiger charge is 2.31. The Morgan fingerprint density at radius 1 is 1.62 bits per heavy atom. The van der Waals surface area contributed by atoms with Gasteiger partial charge in [0.15, 0.2) is 0 Å². The van der Waals surface area contributed by atoms with E-state index in [1.807, 2.05) is 0 Å². The number of rotatable bonds is 0. The van der Waals surface area contributed by atoms with Crippen LogP contribution in [0.4, 0.5) is 0 Å². The third-order valence-corrected chi connectivity index (χ3v) is 1.55. The second kappa shape index (κ2) is 1.69. The fourth-order valence-corrected chi connectivity index (χ4v) is 1.06. The van der Waals surface area contributed by atoms with E-state index in [0.717, 1.165) is 6.42 Å². The molecule has 1 aliphatic heterocycles. The molecular formula is C5H12NO2+. The second-order valence-corrected chi connectivity index (χ2v) is 2.69. The molecular weight excluding hydrogens is 106 g/mol. The summed E-state index contributed by atoms with van der Waals surface area (Å²) in [5, 5.41) is 18.0. The fraction of sp³-hybridized carbons (Fsp3) is 1.00. The Morgan fingerprint density at radius 3 is 2.38 bits per heavy atom. The van der Waals surface area contributed by atoms with Crippen molar-refractivity contribution in [2.45, 2.75) is 12.5 Å². The van der Waals surface area contributed by atoms with E-state index < -0.39 is 0 Å². The van der Waals surface area contributed by atoms with Crippen molar-refractivity contribution in [3.05, 3.63) is 0 Å². The van der Waals surface area contributed by atoms with E-state index in [1.165, 1.54) is 0 Å². The van der Waals surface area contributed by atoms with Gasteiger partial charge in [-0.15, -0.1) is 0 Å². The van der Waals surface area contributed by atoms with Crippen molar-refractivity contribution in [2.24, 2.45) is 0 Å². The molecule has 1 fully saturated rings. The number of hydrogen-bond acceptors (Lipinski definition) is 2. The van der Waals surface area contributed by atoms with Crippen LogP contribution < -0.4 is 0 Å². The number of hydrogen-bond donors (Lipinski definition) is 2. The molecule has 1 heterocycles. The van der Waals surface area contributed by atoms with Crippen LogP contribution in [-0.2, 0) is 0 Å². The summed E-state index contributed by atoms with van der Waals surface area (Å²) in [7, 11) is 1.70. The minimum Gasteiger partial charge on any atom is -0.387 e. The van der Waals surface area contributed by atoms with Crippen LogP contribution in [0.3, 0.4) is 0 Å². The van der Waals surface area contributed by atoms with Gasteiger partial charge in [0.25, 0.3) is 0 Å². The van der Waals surface area contributed by atoms with Crippen LogP contribution in [0.15, 0.2) is 0 Å². The highest BCUT2D eigenvalue weighted by atomic mass is 16.5. The van der Waals surface area contributed by atoms with E-state index >= 15 is 0 Å². The first-order chi connectivity index (χ1) is 3.60. The van der Waals surface area contributed by atoms with Gasteiger partial charge < -0.3 is 5.11 Å². The van der Waals surface area contributed by atoms with E-state index in [2.05, 4.69) is 0 Å². The standard InChI is InChI=1S/C5H12NO2/c1-6(8)3-2-5(7)4-6/h5,7-8H,2-4H2,1H3/q+1. The first-order valence-electron chi connectivity index (χ1n) is 2.85. The van der Waals surface area contributed by atoms with Crippen molar-refractivity contribution in [1.29, 1.82) is 0 Å². The maximum atomic E-state index is 9.14. The van der Waals surface area contributed by atoms with Crippen LogP contribution in [0.2, 0.25) is 0 Å². The average Bonchev–Trinajstić information content (AvgIpc) is 1.82. The van der Waals surface area contributed by atoms with Gasteiger partial charge in [-0.3, -0.25) is 0 Å². The molecule has 0 aromatic carbocycles. The number of nitrogens with zero attached hydrogens (tertiary/aromatic N) is 1. The highest BCUT2D eigenvalue weighted by Crippen LogP contribution is 2.12. The minimum absolute atomic E-state index is 0.0127. The molecule has 2 unspecified atom stereocenters. The molecule has 0 spiro atoms. The lowest BCUT2D eigenvalue weighted by molar-refractivity contribution is -1.08. The molecule has 0 amide bonds. The van der Waals surface area contributed by atoms with Crippen molar-refractivity contribution < 1.29 is 15.0 Å². The molecule has 2 N–H and O–H groups in total. The molecule has 0 saturated carbocycles. The maximum Gasteiger partial charge on any atom is 0.135 e. The third kappa shape index (κ3) is 1.18. The zero-order valence-corrected chi connectivity index (χ0v) is 5.04. The normalized spacial score (nSPS) is 47.6. The van der Waals surface area contributed by atoms with Crippen LogP contribution in [0.5, 0.6) is 0 Å². The van der Waals surface area contributed by atoms with Crippen molar-refractivity contribution in [1.82, 2.24) is 0 Å². The molecule has 8 heavy (non-hydrogen) atoms. The van der Waals surface area contributed by atoms with E-state index in [1.54, 1.807) is 7.05 Å². The van der Waals surface area contributed by atoms with Crippen molar-refractivity contribution >= 4 is 0 Å². The van der Waals surface area contributed by atoms with E-state index in [9.17, 15) is 0 Å². The Morgan fingerprint density at radius 2 is 2.25 bits per heavy atom. The first kappa shape index (κ1) is 6.01. The molecule has 3 nitrogen and oxygen atoms in total. The summed E-state index contributed by atoms with van der Waals surface area (Å²) in [6, 6.07) is 0. The minimum atomic E-state index is -0.287. The Balaban J connectivity index is 2.44. The number of likely N-dealkylation sites (tertiary alicyclic amines) is 1. The number of aliphatic hydroxyl groups excluding tert-OH is 1. The lowest BCUT2D eigenvalue weighted by Gasteiger charge is -2.17.